The first-order valence-corrected chi connectivity index (χ1v) is 12.4. The molecule has 1 aliphatic carbocycles. The topological polar surface area (TPSA) is 58.6 Å². The molecule has 0 bridgehead atoms. The number of carbonyl (C=O) groups is 2. The fourth-order valence-corrected chi connectivity index (χ4v) is 4.68. The minimum Gasteiger partial charge on any atom is -0.483 e. The lowest BCUT2D eigenvalue weighted by molar-refractivity contribution is -0.141. The van der Waals surface area contributed by atoms with Crippen LogP contribution >= 0.6 is 0 Å². The number of hydrogen-bond acceptors (Lipinski definition) is 3. The first-order chi connectivity index (χ1) is 16.6. The van der Waals surface area contributed by atoms with Gasteiger partial charge in [-0.15, -0.1) is 0 Å². The molecule has 0 spiro atoms. The van der Waals surface area contributed by atoms with Crippen LogP contribution in [-0.4, -0.2) is 41.9 Å². The Labute approximate surface area is 202 Å². The fourth-order valence-electron chi connectivity index (χ4n) is 4.68. The third-order valence-electron chi connectivity index (χ3n) is 6.70. The van der Waals surface area contributed by atoms with Gasteiger partial charge in [0, 0.05) is 18.0 Å². The Balaban J connectivity index is 1.45. The van der Waals surface area contributed by atoms with Crippen LogP contribution in [0.15, 0.2) is 72.8 Å². The summed E-state index contributed by atoms with van der Waals surface area (Å²) in [5.41, 5.74) is 1.13. The zero-order valence-electron chi connectivity index (χ0n) is 19.9. The molecule has 1 fully saturated rings. The second-order valence-electron chi connectivity index (χ2n) is 9.11. The highest BCUT2D eigenvalue weighted by atomic mass is 16.5. The number of nitrogens with one attached hydrogen (secondary N) is 1. The van der Waals surface area contributed by atoms with Crippen LogP contribution in [0.3, 0.4) is 0 Å². The largest absolute Gasteiger partial charge is 0.483 e. The maximum Gasteiger partial charge on any atom is 0.261 e. The maximum absolute atomic E-state index is 13.3. The van der Waals surface area contributed by atoms with Crippen molar-refractivity contribution in [1.29, 1.82) is 0 Å². The van der Waals surface area contributed by atoms with Crippen molar-refractivity contribution in [3.8, 4) is 5.75 Å². The molecule has 4 rings (SSSR count). The Morgan fingerprint density at radius 2 is 1.65 bits per heavy atom. The van der Waals surface area contributed by atoms with Crippen molar-refractivity contribution in [1.82, 2.24) is 10.2 Å². The molecule has 1 saturated carbocycles. The van der Waals surface area contributed by atoms with E-state index in [1.54, 1.807) is 4.90 Å². The van der Waals surface area contributed by atoms with Crippen molar-refractivity contribution in [2.75, 3.05) is 13.2 Å². The summed E-state index contributed by atoms with van der Waals surface area (Å²) in [5.74, 6) is 0.405. The van der Waals surface area contributed by atoms with Crippen LogP contribution in [0.2, 0.25) is 0 Å². The van der Waals surface area contributed by atoms with Crippen LogP contribution in [-0.2, 0) is 16.0 Å². The third-order valence-corrected chi connectivity index (χ3v) is 6.70. The van der Waals surface area contributed by atoms with E-state index in [-0.39, 0.29) is 24.5 Å². The zero-order chi connectivity index (χ0) is 23.8. The van der Waals surface area contributed by atoms with Crippen LogP contribution in [0.25, 0.3) is 10.8 Å². The lowest BCUT2D eigenvalue weighted by Crippen LogP contribution is -2.52. The number of rotatable bonds is 9. The van der Waals surface area contributed by atoms with Gasteiger partial charge in [0.25, 0.3) is 5.91 Å². The highest BCUT2D eigenvalue weighted by molar-refractivity contribution is 5.90. The van der Waals surface area contributed by atoms with E-state index < -0.39 is 6.04 Å². The summed E-state index contributed by atoms with van der Waals surface area (Å²) in [6.07, 6.45) is 6.24. The first-order valence-electron chi connectivity index (χ1n) is 12.4. The molecule has 178 valence electrons. The van der Waals surface area contributed by atoms with Crippen molar-refractivity contribution >= 4 is 22.6 Å². The maximum atomic E-state index is 13.3. The molecule has 0 radical (unpaired) electrons. The van der Waals surface area contributed by atoms with Gasteiger partial charge in [-0.25, -0.2) is 0 Å². The molecule has 0 aliphatic heterocycles. The van der Waals surface area contributed by atoms with Gasteiger partial charge < -0.3 is 15.0 Å². The Kier molecular flexibility index (Phi) is 8.18. The van der Waals surface area contributed by atoms with Crippen LogP contribution in [0.5, 0.6) is 5.75 Å². The molecule has 0 saturated heterocycles. The average Bonchev–Trinajstić information content (AvgIpc) is 2.88. The first kappa shape index (κ1) is 23.8. The number of benzene rings is 3. The number of amides is 2. The molecule has 1 N–H and O–H groups in total. The lowest BCUT2D eigenvalue weighted by Gasteiger charge is -2.31. The van der Waals surface area contributed by atoms with Gasteiger partial charge in [-0.3, -0.25) is 9.59 Å². The lowest BCUT2D eigenvalue weighted by atomic mass is 9.95. The second-order valence-corrected chi connectivity index (χ2v) is 9.11. The minimum atomic E-state index is -0.561. The standard InChI is InChI=1S/C29H34N2O3/c1-22(29(33)30-25-15-6-3-7-16-25)31(20-19-23-11-4-2-5-12-23)28(32)21-34-27-18-10-14-24-13-8-9-17-26(24)27/h2,4-5,8-14,17-18,22,25H,3,6-7,15-16,19-21H2,1H3,(H,30,33)/t22-/m1/s1. The van der Waals surface area contributed by atoms with Crippen molar-refractivity contribution < 1.29 is 14.3 Å². The molecule has 0 aromatic heterocycles. The summed E-state index contributed by atoms with van der Waals surface area (Å²) >= 11 is 0. The van der Waals surface area contributed by atoms with E-state index in [0.29, 0.717) is 18.7 Å². The van der Waals surface area contributed by atoms with E-state index in [9.17, 15) is 9.59 Å². The zero-order valence-corrected chi connectivity index (χ0v) is 19.9. The molecule has 0 heterocycles. The molecule has 34 heavy (non-hydrogen) atoms. The summed E-state index contributed by atoms with van der Waals surface area (Å²) in [6.45, 7) is 2.17. The van der Waals surface area contributed by atoms with E-state index in [1.807, 2.05) is 79.7 Å². The highest BCUT2D eigenvalue weighted by Gasteiger charge is 2.28. The van der Waals surface area contributed by atoms with Crippen molar-refractivity contribution in [2.45, 2.75) is 57.5 Å². The number of nitrogens with zero attached hydrogens (tertiary/aromatic N) is 1. The summed E-state index contributed by atoms with van der Waals surface area (Å²) in [4.78, 5) is 28.1. The Hall–Kier alpha value is -3.34. The van der Waals surface area contributed by atoms with E-state index in [2.05, 4.69) is 5.32 Å². The molecule has 3 aromatic carbocycles. The molecule has 3 aromatic rings. The number of fused-ring (bicyclic) bond motifs is 1. The molecule has 1 aliphatic rings. The summed E-state index contributed by atoms with van der Waals surface area (Å²) in [5, 5.41) is 5.21. The van der Waals surface area contributed by atoms with E-state index in [0.717, 1.165) is 42.0 Å². The van der Waals surface area contributed by atoms with Gasteiger partial charge in [-0.1, -0.05) is 86.0 Å². The summed E-state index contributed by atoms with van der Waals surface area (Å²) in [6, 6.07) is 23.5. The Morgan fingerprint density at radius 3 is 2.44 bits per heavy atom. The monoisotopic (exact) mass is 458 g/mol. The molecule has 1 atom stereocenters. The summed E-state index contributed by atoms with van der Waals surface area (Å²) in [7, 11) is 0. The number of ether oxygens (including phenoxy) is 1. The molecular formula is C29H34N2O3. The van der Waals surface area contributed by atoms with Crippen molar-refractivity contribution in [2.24, 2.45) is 0 Å². The van der Waals surface area contributed by atoms with Gasteiger partial charge >= 0.3 is 0 Å². The second kappa shape index (κ2) is 11.7. The smallest absolute Gasteiger partial charge is 0.261 e. The van der Waals surface area contributed by atoms with Gasteiger partial charge in [0.2, 0.25) is 5.91 Å². The normalized spacial score (nSPS) is 15.0. The minimum absolute atomic E-state index is 0.0847. The number of carbonyl (C=O) groups excluding carboxylic acids is 2. The third kappa shape index (κ3) is 6.16. The number of hydrogen-bond donors (Lipinski definition) is 1. The van der Waals surface area contributed by atoms with Crippen molar-refractivity contribution in [3.63, 3.8) is 0 Å². The van der Waals surface area contributed by atoms with Crippen LogP contribution in [0, 0.1) is 0 Å². The van der Waals surface area contributed by atoms with Gasteiger partial charge in [-0.2, -0.15) is 0 Å². The quantitative estimate of drug-likeness (QED) is 0.484. The molecular weight excluding hydrogens is 424 g/mol. The van der Waals surface area contributed by atoms with Gasteiger partial charge in [0.1, 0.15) is 11.8 Å². The van der Waals surface area contributed by atoms with E-state index in [4.69, 9.17) is 4.74 Å². The van der Waals surface area contributed by atoms with Gasteiger partial charge in [0.15, 0.2) is 6.61 Å². The summed E-state index contributed by atoms with van der Waals surface area (Å²) < 4.78 is 5.97. The Bertz CT molecular complexity index is 1090. The predicted molar refractivity (Wildman–Crippen MR) is 136 cm³/mol. The fraction of sp³-hybridized carbons (Fsp3) is 0.379. The van der Waals surface area contributed by atoms with E-state index in [1.165, 1.54) is 6.42 Å². The molecule has 2 amide bonds. The predicted octanol–water partition coefficient (Wildman–Crippen LogP) is 5.13. The van der Waals surface area contributed by atoms with Gasteiger partial charge in [0.05, 0.1) is 0 Å². The van der Waals surface area contributed by atoms with Gasteiger partial charge in [-0.05, 0) is 43.2 Å². The SMILES string of the molecule is C[C@H](C(=O)NC1CCCCC1)N(CCc1ccccc1)C(=O)COc1cccc2ccccc12. The Morgan fingerprint density at radius 1 is 0.941 bits per heavy atom. The van der Waals surface area contributed by atoms with E-state index >= 15 is 0 Å². The average molecular weight is 459 g/mol. The van der Waals surface area contributed by atoms with Crippen LogP contribution in [0.1, 0.15) is 44.6 Å². The van der Waals surface area contributed by atoms with Crippen LogP contribution < -0.4 is 10.1 Å². The molecule has 0 unspecified atom stereocenters. The van der Waals surface area contributed by atoms with Crippen LogP contribution in [0.4, 0.5) is 0 Å². The molecule has 5 heteroatoms. The molecule has 5 nitrogen and oxygen atoms in total. The highest BCUT2D eigenvalue weighted by Crippen LogP contribution is 2.25. The van der Waals surface area contributed by atoms with Crippen molar-refractivity contribution in [3.05, 3.63) is 78.4 Å².